The summed E-state index contributed by atoms with van der Waals surface area (Å²) in [6, 6.07) is 14.0. The predicted octanol–water partition coefficient (Wildman–Crippen LogP) is 4.27. The van der Waals surface area contributed by atoms with Crippen LogP contribution in [0.2, 0.25) is 0 Å². The van der Waals surface area contributed by atoms with E-state index in [-0.39, 0.29) is 11.8 Å². The zero-order valence-electron chi connectivity index (χ0n) is 17.4. The average Bonchev–Trinajstić information content (AvgIpc) is 3.49. The minimum Gasteiger partial charge on any atom is -0.352 e. The normalized spacial score (nSPS) is 13.9. The van der Waals surface area contributed by atoms with Crippen molar-refractivity contribution < 1.29 is 9.59 Å². The Kier molecular flexibility index (Phi) is 5.19. The van der Waals surface area contributed by atoms with Crippen LogP contribution in [-0.2, 0) is 4.79 Å². The number of hydrogen-bond acceptors (Lipinski definition) is 4. The lowest BCUT2D eigenvalue weighted by Gasteiger charge is -2.15. The van der Waals surface area contributed by atoms with E-state index in [9.17, 15) is 9.59 Å². The number of amides is 2. The number of thiazole rings is 1. The van der Waals surface area contributed by atoms with Gasteiger partial charge in [0.1, 0.15) is 0 Å². The van der Waals surface area contributed by atoms with Gasteiger partial charge in [-0.1, -0.05) is 35.1 Å². The van der Waals surface area contributed by atoms with Crippen LogP contribution in [-0.4, -0.2) is 45.7 Å². The van der Waals surface area contributed by atoms with Crippen LogP contribution in [0.25, 0.3) is 26.4 Å². The maximum Gasteiger partial charge on any atom is 0.251 e. The number of carbonyl (C=O) groups is 2. The zero-order valence-corrected chi connectivity index (χ0v) is 18.2. The van der Waals surface area contributed by atoms with Crippen LogP contribution in [0.1, 0.15) is 35.2 Å². The van der Waals surface area contributed by atoms with Crippen molar-refractivity contribution in [3.63, 3.8) is 0 Å². The Balaban J connectivity index is 1.30. The van der Waals surface area contributed by atoms with Crippen LogP contribution in [0.3, 0.4) is 0 Å². The first kappa shape index (κ1) is 19.8. The van der Waals surface area contributed by atoms with Gasteiger partial charge in [-0.15, -0.1) is 0 Å². The molecule has 0 radical (unpaired) electrons. The number of imidazole rings is 1. The van der Waals surface area contributed by atoms with E-state index in [0.717, 1.165) is 52.4 Å². The third-order valence-electron chi connectivity index (χ3n) is 5.75. The molecule has 0 spiro atoms. The van der Waals surface area contributed by atoms with Crippen LogP contribution in [0, 0.1) is 6.92 Å². The van der Waals surface area contributed by atoms with Crippen molar-refractivity contribution in [1.29, 1.82) is 0 Å². The first-order chi connectivity index (χ1) is 15.1. The summed E-state index contributed by atoms with van der Waals surface area (Å²) in [4.78, 5) is 32.2. The summed E-state index contributed by atoms with van der Waals surface area (Å²) in [5.41, 5.74) is 4.89. The van der Waals surface area contributed by atoms with Gasteiger partial charge in [-0.05, 0) is 44.0 Å². The molecule has 158 valence electrons. The Labute approximate surface area is 184 Å². The number of fused-ring (bicyclic) bond motifs is 3. The standard InChI is InChI=1S/C24H24N4O2S/c1-16-5-4-6-17(13-16)19-15-28-20-8-7-18(14-21(20)31-24(28)26-19)23(30)25-10-9-22(29)27-11-2-3-12-27/h4-8,13-15H,2-3,9-12H2,1H3,(H,25,30). The summed E-state index contributed by atoms with van der Waals surface area (Å²) in [6.07, 6.45) is 4.55. The largest absolute Gasteiger partial charge is 0.352 e. The first-order valence-corrected chi connectivity index (χ1v) is 11.4. The van der Waals surface area contributed by atoms with Gasteiger partial charge in [0.25, 0.3) is 5.91 Å². The lowest BCUT2D eigenvalue weighted by molar-refractivity contribution is -0.129. The Bertz CT molecular complexity index is 1280. The SMILES string of the molecule is Cc1cccc(-c2cn3c(n2)sc2cc(C(=O)NCCC(=O)N4CCCC4)ccc23)c1. The fourth-order valence-corrected chi connectivity index (χ4v) is 5.14. The fourth-order valence-electron chi connectivity index (χ4n) is 4.10. The molecular weight excluding hydrogens is 408 g/mol. The van der Waals surface area contributed by atoms with Gasteiger partial charge < -0.3 is 10.2 Å². The number of aryl methyl sites for hydroxylation is 1. The number of hydrogen-bond donors (Lipinski definition) is 1. The third-order valence-corrected chi connectivity index (χ3v) is 6.77. The molecule has 7 heteroatoms. The van der Waals surface area contributed by atoms with Crippen LogP contribution < -0.4 is 5.32 Å². The van der Waals surface area contributed by atoms with Crippen molar-refractivity contribution in [2.45, 2.75) is 26.2 Å². The van der Waals surface area contributed by atoms with E-state index in [2.05, 4.69) is 34.8 Å². The van der Waals surface area contributed by atoms with E-state index in [1.165, 1.54) is 5.56 Å². The van der Waals surface area contributed by atoms with Crippen molar-refractivity contribution in [3.8, 4) is 11.3 Å². The highest BCUT2D eigenvalue weighted by molar-refractivity contribution is 7.23. The molecule has 2 aromatic heterocycles. The maximum absolute atomic E-state index is 12.6. The van der Waals surface area contributed by atoms with Gasteiger partial charge in [0.15, 0.2) is 4.96 Å². The van der Waals surface area contributed by atoms with Crippen molar-refractivity contribution >= 4 is 38.3 Å². The molecular formula is C24H24N4O2S. The monoisotopic (exact) mass is 432 g/mol. The van der Waals surface area contributed by atoms with Crippen molar-refractivity contribution in [2.24, 2.45) is 0 Å². The maximum atomic E-state index is 12.6. The van der Waals surface area contributed by atoms with Gasteiger partial charge in [0, 0.05) is 43.4 Å². The molecule has 5 rings (SSSR count). The molecule has 0 unspecified atom stereocenters. The third kappa shape index (κ3) is 3.93. The van der Waals surface area contributed by atoms with Gasteiger partial charge >= 0.3 is 0 Å². The topological polar surface area (TPSA) is 66.7 Å². The summed E-state index contributed by atoms with van der Waals surface area (Å²) in [7, 11) is 0. The first-order valence-electron chi connectivity index (χ1n) is 10.6. The van der Waals surface area contributed by atoms with Crippen molar-refractivity contribution in [2.75, 3.05) is 19.6 Å². The smallest absolute Gasteiger partial charge is 0.251 e. The minimum absolute atomic E-state index is 0.122. The fraction of sp³-hybridized carbons (Fsp3) is 0.292. The molecule has 3 heterocycles. The molecule has 4 aromatic rings. The molecule has 1 fully saturated rings. The zero-order chi connectivity index (χ0) is 21.4. The molecule has 1 aliphatic rings. The predicted molar refractivity (Wildman–Crippen MR) is 124 cm³/mol. The molecule has 0 aliphatic carbocycles. The second kappa shape index (κ2) is 8.15. The molecule has 1 aliphatic heterocycles. The van der Waals surface area contributed by atoms with E-state index >= 15 is 0 Å². The number of nitrogens with zero attached hydrogens (tertiary/aromatic N) is 3. The lowest BCUT2D eigenvalue weighted by Crippen LogP contribution is -2.32. The van der Waals surface area contributed by atoms with E-state index in [4.69, 9.17) is 4.98 Å². The Morgan fingerprint density at radius 1 is 1.13 bits per heavy atom. The summed E-state index contributed by atoms with van der Waals surface area (Å²) in [6.45, 7) is 4.12. The van der Waals surface area contributed by atoms with Crippen molar-refractivity contribution in [3.05, 3.63) is 59.8 Å². The number of rotatable bonds is 5. The Morgan fingerprint density at radius 3 is 2.77 bits per heavy atom. The Hall–Kier alpha value is -3.19. The van der Waals surface area contributed by atoms with Gasteiger partial charge in [-0.3, -0.25) is 14.0 Å². The molecule has 6 nitrogen and oxygen atoms in total. The molecule has 31 heavy (non-hydrogen) atoms. The quantitative estimate of drug-likeness (QED) is 0.512. The lowest BCUT2D eigenvalue weighted by atomic mass is 10.1. The number of aromatic nitrogens is 2. The van der Waals surface area contributed by atoms with Crippen LogP contribution >= 0.6 is 11.3 Å². The highest BCUT2D eigenvalue weighted by Gasteiger charge is 2.18. The van der Waals surface area contributed by atoms with E-state index in [1.807, 2.05) is 35.4 Å². The summed E-state index contributed by atoms with van der Waals surface area (Å²) >= 11 is 1.57. The number of carbonyl (C=O) groups excluding carboxylic acids is 2. The molecule has 1 saturated heterocycles. The highest BCUT2D eigenvalue weighted by Crippen LogP contribution is 2.30. The van der Waals surface area contributed by atoms with Crippen molar-refractivity contribution in [1.82, 2.24) is 19.6 Å². The molecule has 2 amide bonds. The van der Waals surface area contributed by atoms with E-state index < -0.39 is 0 Å². The molecule has 1 N–H and O–H groups in total. The molecule has 0 bridgehead atoms. The minimum atomic E-state index is -0.150. The summed E-state index contributed by atoms with van der Waals surface area (Å²) in [5.74, 6) is -0.0280. The summed E-state index contributed by atoms with van der Waals surface area (Å²) < 4.78 is 3.09. The van der Waals surface area contributed by atoms with Crippen LogP contribution in [0.15, 0.2) is 48.7 Å². The second-order valence-electron chi connectivity index (χ2n) is 8.03. The second-order valence-corrected chi connectivity index (χ2v) is 9.04. The van der Waals surface area contributed by atoms with Crippen LogP contribution in [0.4, 0.5) is 0 Å². The number of likely N-dealkylation sites (tertiary alicyclic amines) is 1. The van der Waals surface area contributed by atoms with Gasteiger partial charge in [0.2, 0.25) is 5.91 Å². The van der Waals surface area contributed by atoms with Gasteiger partial charge in [-0.25, -0.2) is 4.98 Å². The van der Waals surface area contributed by atoms with Gasteiger partial charge in [-0.2, -0.15) is 0 Å². The number of benzene rings is 2. The molecule has 0 saturated carbocycles. The average molecular weight is 433 g/mol. The summed E-state index contributed by atoms with van der Waals surface area (Å²) in [5, 5.41) is 2.88. The Morgan fingerprint density at radius 2 is 1.97 bits per heavy atom. The highest BCUT2D eigenvalue weighted by atomic mass is 32.1. The van der Waals surface area contributed by atoms with E-state index in [0.29, 0.717) is 18.5 Å². The molecule has 2 aromatic carbocycles. The molecule has 0 atom stereocenters. The van der Waals surface area contributed by atoms with Gasteiger partial charge in [0.05, 0.1) is 15.9 Å². The number of nitrogens with one attached hydrogen (secondary N) is 1. The van der Waals surface area contributed by atoms with Crippen LogP contribution in [0.5, 0.6) is 0 Å². The van der Waals surface area contributed by atoms with E-state index in [1.54, 1.807) is 11.3 Å².